The van der Waals surface area contributed by atoms with Crippen molar-refractivity contribution in [1.29, 1.82) is 0 Å². The van der Waals surface area contributed by atoms with Crippen LogP contribution < -0.4 is 5.73 Å². The van der Waals surface area contributed by atoms with E-state index in [9.17, 15) is 14.4 Å². The molecule has 0 amide bonds. The SMILES string of the molecule is CC(=O)C1=C(N)C(=O)C=CC1=Nc1ccccc1C(C)=O. The largest absolute Gasteiger partial charge is 0.395 e. The van der Waals surface area contributed by atoms with Gasteiger partial charge in [0.25, 0.3) is 0 Å². The number of hydrogen-bond acceptors (Lipinski definition) is 5. The van der Waals surface area contributed by atoms with Gasteiger partial charge >= 0.3 is 0 Å². The molecule has 0 aromatic heterocycles. The minimum Gasteiger partial charge on any atom is -0.395 e. The van der Waals surface area contributed by atoms with Crippen LogP contribution in [0.25, 0.3) is 0 Å². The van der Waals surface area contributed by atoms with E-state index in [1.807, 2.05) is 0 Å². The van der Waals surface area contributed by atoms with Crippen molar-refractivity contribution in [3.63, 3.8) is 0 Å². The number of carbonyl (C=O) groups excluding carboxylic acids is 3. The van der Waals surface area contributed by atoms with Gasteiger partial charge in [-0.15, -0.1) is 0 Å². The molecule has 0 saturated heterocycles. The standard InChI is InChI=1S/C16H14N2O3/c1-9(19)11-5-3-4-6-12(11)18-13-7-8-14(21)16(17)15(13)10(2)20/h3-8H,17H2,1-2H3. The van der Waals surface area contributed by atoms with Crippen LogP contribution >= 0.6 is 0 Å². The summed E-state index contributed by atoms with van der Waals surface area (Å²) in [6.45, 7) is 2.76. The summed E-state index contributed by atoms with van der Waals surface area (Å²) >= 11 is 0. The van der Waals surface area contributed by atoms with E-state index in [4.69, 9.17) is 5.73 Å². The molecular formula is C16H14N2O3. The molecule has 0 bridgehead atoms. The summed E-state index contributed by atoms with van der Waals surface area (Å²) in [6.07, 6.45) is 2.70. The molecule has 106 valence electrons. The Balaban J connectivity index is 2.60. The van der Waals surface area contributed by atoms with Crippen molar-refractivity contribution in [3.8, 4) is 0 Å². The molecular weight excluding hydrogens is 268 g/mol. The Morgan fingerprint density at radius 2 is 1.71 bits per heavy atom. The maximum Gasteiger partial charge on any atom is 0.202 e. The highest BCUT2D eigenvalue weighted by Gasteiger charge is 2.22. The molecule has 5 heteroatoms. The maximum atomic E-state index is 11.7. The number of benzene rings is 1. The first-order chi connectivity index (χ1) is 9.91. The van der Waals surface area contributed by atoms with Crippen molar-refractivity contribution in [1.82, 2.24) is 0 Å². The maximum absolute atomic E-state index is 11.7. The van der Waals surface area contributed by atoms with Gasteiger partial charge in [-0.1, -0.05) is 12.1 Å². The number of Topliss-reactive ketones (excluding diaryl/α,β-unsaturated/α-hetero) is 2. The number of nitrogens with zero attached hydrogens (tertiary/aromatic N) is 1. The van der Waals surface area contributed by atoms with E-state index < -0.39 is 5.78 Å². The molecule has 5 nitrogen and oxygen atoms in total. The molecule has 0 radical (unpaired) electrons. The van der Waals surface area contributed by atoms with Crippen molar-refractivity contribution >= 4 is 28.7 Å². The van der Waals surface area contributed by atoms with Crippen LogP contribution in [0.2, 0.25) is 0 Å². The topological polar surface area (TPSA) is 89.6 Å². The molecule has 0 saturated carbocycles. The summed E-state index contributed by atoms with van der Waals surface area (Å²) in [4.78, 5) is 39.2. The van der Waals surface area contributed by atoms with E-state index in [0.717, 1.165) is 0 Å². The van der Waals surface area contributed by atoms with Crippen LogP contribution in [-0.2, 0) is 9.59 Å². The molecule has 2 rings (SSSR count). The van der Waals surface area contributed by atoms with Gasteiger partial charge in [-0.2, -0.15) is 0 Å². The van der Waals surface area contributed by atoms with Crippen LogP contribution in [-0.4, -0.2) is 23.1 Å². The highest BCUT2D eigenvalue weighted by atomic mass is 16.1. The van der Waals surface area contributed by atoms with E-state index in [0.29, 0.717) is 11.3 Å². The minimum absolute atomic E-state index is 0.0841. The second-order valence-electron chi connectivity index (χ2n) is 4.61. The van der Waals surface area contributed by atoms with Crippen molar-refractivity contribution in [2.24, 2.45) is 10.7 Å². The van der Waals surface area contributed by atoms with Crippen molar-refractivity contribution in [2.45, 2.75) is 13.8 Å². The molecule has 0 heterocycles. The summed E-state index contributed by atoms with van der Waals surface area (Å²) in [6, 6.07) is 6.79. The fraction of sp³-hybridized carbons (Fsp3) is 0.125. The molecule has 21 heavy (non-hydrogen) atoms. The first-order valence-electron chi connectivity index (χ1n) is 6.34. The van der Waals surface area contributed by atoms with Gasteiger partial charge in [0.05, 0.1) is 22.7 Å². The average molecular weight is 282 g/mol. The van der Waals surface area contributed by atoms with Crippen LogP contribution in [0.1, 0.15) is 24.2 Å². The monoisotopic (exact) mass is 282 g/mol. The first kappa shape index (κ1) is 14.6. The molecule has 1 aromatic carbocycles. The zero-order valence-electron chi connectivity index (χ0n) is 11.7. The van der Waals surface area contributed by atoms with Gasteiger partial charge in [-0.05, 0) is 38.1 Å². The summed E-state index contributed by atoms with van der Waals surface area (Å²) in [5, 5.41) is 0. The van der Waals surface area contributed by atoms with Gasteiger partial charge < -0.3 is 5.73 Å². The van der Waals surface area contributed by atoms with Crippen molar-refractivity contribution in [3.05, 3.63) is 53.3 Å². The second kappa shape index (κ2) is 5.66. The van der Waals surface area contributed by atoms with Gasteiger partial charge in [0.1, 0.15) is 0 Å². The minimum atomic E-state index is -0.418. The number of nitrogens with two attached hydrogens (primary N) is 1. The Bertz CT molecular complexity index is 740. The smallest absolute Gasteiger partial charge is 0.202 e. The van der Waals surface area contributed by atoms with Crippen LogP contribution in [0, 0.1) is 0 Å². The Hall–Kier alpha value is -2.82. The Morgan fingerprint density at radius 3 is 2.33 bits per heavy atom. The molecule has 1 aliphatic rings. The van der Waals surface area contributed by atoms with Gasteiger partial charge in [0.15, 0.2) is 11.6 Å². The highest BCUT2D eigenvalue weighted by molar-refractivity contribution is 6.34. The van der Waals surface area contributed by atoms with Gasteiger partial charge in [-0.3, -0.25) is 14.4 Å². The lowest BCUT2D eigenvalue weighted by molar-refractivity contribution is -0.115. The fourth-order valence-electron chi connectivity index (χ4n) is 2.05. The predicted molar refractivity (Wildman–Crippen MR) is 79.6 cm³/mol. The molecule has 0 spiro atoms. The normalized spacial score (nSPS) is 16.5. The Labute approximate surface area is 121 Å². The van der Waals surface area contributed by atoms with E-state index in [1.165, 1.54) is 26.0 Å². The number of carbonyl (C=O) groups is 3. The number of aliphatic imine (C=N–C) groups is 1. The van der Waals surface area contributed by atoms with Gasteiger partial charge in [0.2, 0.25) is 5.78 Å². The van der Waals surface area contributed by atoms with E-state index in [1.54, 1.807) is 24.3 Å². The molecule has 0 atom stereocenters. The third kappa shape index (κ3) is 2.86. The second-order valence-corrected chi connectivity index (χ2v) is 4.61. The summed E-state index contributed by atoms with van der Waals surface area (Å²) in [5.74, 6) is -0.893. The lowest BCUT2D eigenvalue weighted by Crippen LogP contribution is -2.24. The van der Waals surface area contributed by atoms with Crippen LogP contribution in [0.3, 0.4) is 0 Å². The third-order valence-corrected chi connectivity index (χ3v) is 3.06. The van der Waals surface area contributed by atoms with Crippen LogP contribution in [0.5, 0.6) is 0 Å². The van der Waals surface area contributed by atoms with Gasteiger partial charge in [-0.25, -0.2) is 4.99 Å². The van der Waals surface area contributed by atoms with E-state index >= 15 is 0 Å². The molecule has 1 aliphatic carbocycles. The quantitative estimate of drug-likeness (QED) is 0.677. The number of rotatable bonds is 3. The van der Waals surface area contributed by atoms with Crippen LogP contribution in [0.4, 0.5) is 5.69 Å². The zero-order chi connectivity index (χ0) is 15.6. The summed E-state index contributed by atoms with van der Waals surface area (Å²) in [7, 11) is 0. The molecule has 0 fully saturated rings. The van der Waals surface area contributed by atoms with E-state index in [2.05, 4.69) is 4.99 Å². The molecule has 2 N–H and O–H groups in total. The lowest BCUT2D eigenvalue weighted by Gasteiger charge is -2.12. The summed E-state index contributed by atoms with van der Waals surface area (Å²) < 4.78 is 0. The Kier molecular flexibility index (Phi) is 3.93. The van der Waals surface area contributed by atoms with Crippen molar-refractivity contribution < 1.29 is 14.4 Å². The predicted octanol–water partition coefficient (Wildman–Crippen LogP) is 1.90. The van der Waals surface area contributed by atoms with Crippen LogP contribution in [0.15, 0.2) is 52.7 Å². The highest BCUT2D eigenvalue weighted by Crippen LogP contribution is 2.23. The number of allylic oxidation sites excluding steroid dienone is 3. The first-order valence-corrected chi connectivity index (χ1v) is 6.34. The Morgan fingerprint density at radius 1 is 1.05 bits per heavy atom. The number of para-hydroxylation sites is 1. The van der Waals surface area contributed by atoms with Gasteiger partial charge in [0, 0.05) is 5.56 Å². The van der Waals surface area contributed by atoms with Crippen molar-refractivity contribution in [2.75, 3.05) is 0 Å². The zero-order valence-corrected chi connectivity index (χ0v) is 11.7. The fourth-order valence-corrected chi connectivity index (χ4v) is 2.05. The molecule has 0 unspecified atom stereocenters. The number of ketones is 3. The average Bonchev–Trinajstić information content (AvgIpc) is 2.43. The third-order valence-electron chi connectivity index (χ3n) is 3.06. The number of hydrogen-bond donors (Lipinski definition) is 1. The summed E-state index contributed by atoms with van der Waals surface area (Å²) in [5.41, 5.74) is 6.80. The lowest BCUT2D eigenvalue weighted by atomic mass is 9.96. The van der Waals surface area contributed by atoms with E-state index in [-0.39, 0.29) is 28.5 Å². The molecule has 0 aliphatic heterocycles. The molecule has 1 aromatic rings.